The minimum Gasteiger partial charge on any atom is -0.346 e. The van der Waals surface area contributed by atoms with Gasteiger partial charge in [-0.25, -0.2) is 0 Å². The second-order valence-electron chi connectivity index (χ2n) is 5.69. The highest BCUT2D eigenvalue weighted by Gasteiger charge is 2.12. The van der Waals surface area contributed by atoms with E-state index in [1.807, 2.05) is 0 Å². The van der Waals surface area contributed by atoms with Crippen LogP contribution in [-0.2, 0) is 13.1 Å². The summed E-state index contributed by atoms with van der Waals surface area (Å²) in [6.45, 7) is 8.99. The summed E-state index contributed by atoms with van der Waals surface area (Å²) in [5.41, 5.74) is 2.79. The topological polar surface area (TPSA) is 20.2 Å². The molecular formula is C17H25N3. The summed E-state index contributed by atoms with van der Waals surface area (Å²) in [7, 11) is 0. The first-order valence-electron chi connectivity index (χ1n) is 7.88. The number of fused-ring (bicyclic) bond motifs is 1. The van der Waals surface area contributed by atoms with Crippen LogP contribution in [0.25, 0.3) is 10.9 Å². The molecule has 0 unspecified atom stereocenters. The molecule has 1 aromatic carbocycles. The monoisotopic (exact) mass is 271 g/mol. The zero-order chi connectivity index (χ0) is 13.8. The highest BCUT2D eigenvalue weighted by atomic mass is 15.2. The maximum atomic E-state index is 3.44. The van der Waals surface area contributed by atoms with Crippen LogP contribution in [0.4, 0.5) is 0 Å². The van der Waals surface area contributed by atoms with Gasteiger partial charge < -0.3 is 14.8 Å². The van der Waals surface area contributed by atoms with Gasteiger partial charge in [-0.2, -0.15) is 0 Å². The van der Waals surface area contributed by atoms with Crippen molar-refractivity contribution in [2.45, 2.75) is 32.9 Å². The quantitative estimate of drug-likeness (QED) is 0.872. The fourth-order valence-electron chi connectivity index (χ4n) is 3.16. The molecule has 0 atom stereocenters. The first kappa shape index (κ1) is 13.7. The molecule has 1 aromatic heterocycles. The molecule has 3 rings (SSSR count). The first-order valence-corrected chi connectivity index (χ1v) is 7.88. The van der Waals surface area contributed by atoms with Crippen LogP contribution < -0.4 is 5.32 Å². The molecule has 1 aliphatic rings. The zero-order valence-corrected chi connectivity index (χ0v) is 12.4. The predicted molar refractivity (Wildman–Crippen MR) is 85.0 cm³/mol. The lowest BCUT2D eigenvalue weighted by Crippen LogP contribution is -2.23. The number of nitrogens with zero attached hydrogens (tertiary/aromatic N) is 2. The molecule has 0 radical (unpaired) electrons. The van der Waals surface area contributed by atoms with Crippen molar-refractivity contribution in [3.05, 3.63) is 36.0 Å². The molecule has 0 aliphatic carbocycles. The third kappa shape index (κ3) is 2.89. The van der Waals surface area contributed by atoms with Crippen molar-refractivity contribution in [1.82, 2.24) is 14.8 Å². The van der Waals surface area contributed by atoms with E-state index in [1.165, 1.54) is 48.9 Å². The fourth-order valence-corrected chi connectivity index (χ4v) is 3.16. The predicted octanol–water partition coefficient (Wildman–Crippen LogP) is 2.85. The number of para-hydroxylation sites is 1. The van der Waals surface area contributed by atoms with Crippen molar-refractivity contribution in [2.75, 3.05) is 26.2 Å². The molecule has 0 spiro atoms. The van der Waals surface area contributed by atoms with Gasteiger partial charge in [-0.3, -0.25) is 0 Å². The van der Waals surface area contributed by atoms with Crippen LogP contribution in [0, 0.1) is 0 Å². The molecule has 108 valence electrons. The average molecular weight is 271 g/mol. The van der Waals surface area contributed by atoms with Gasteiger partial charge in [-0.05, 0) is 44.1 Å². The lowest BCUT2D eigenvalue weighted by molar-refractivity contribution is 0.324. The highest BCUT2D eigenvalue weighted by molar-refractivity contribution is 5.83. The lowest BCUT2D eigenvalue weighted by Gasteiger charge is -2.15. The molecule has 0 amide bonds. The van der Waals surface area contributed by atoms with Crippen molar-refractivity contribution in [3.8, 4) is 0 Å². The third-order valence-corrected chi connectivity index (χ3v) is 4.29. The maximum absolute atomic E-state index is 3.44. The first-order chi connectivity index (χ1) is 9.88. The Bertz CT molecular complexity index is 552. The number of likely N-dealkylation sites (tertiary alicyclic amines) is 1. The van der Waals surface area contributed by atoms with Gasteiger partial charge in [0.15, 0.2) is 0 Å². The zero-order valence-electron chi connectivity index (χ0n) is 12.4. The van der Waals surface area contributed by atoms with Crippen LogP contribution in [0.5, 0.6) is 0 Å². The Morgan fingerprint density at radius 2 is 1.90 bits per heavy atom. The number of aromatic nitrogens is 1. The minimum atomic E-state index is 0.966. The Labute approximate surface area is 121 Å². The second-order valence-corrected chi connectivity index (χ2v) is 5.69. The van der Waals surface area contributed by atoms with E-state index in [4.69, 9.17) is 0 Å². The number of hydrogen-bond acceptors (Lipinski definition) is 2. The smallest absolute Gasteiger partial charge is 0.0484 e. The SMILES string of the molecule is CCNCc1cn(CCN2CCCC2)c2ccccc12. The molecule has 20 heavy (non-hydrogen) atoms. The van der Waals surface area contributed by atoms with E-state index in [1.54, 1.807) is 0 Å². The van der Waals surface area contributed by atoms with Gasteiger partial charge >= 0.3 is 0 Å². The number of hydrogen-bond donors (Lipinski definition) is 1. The van der Waals surface area contributed by atoms with Crippen molar-refractivity contribution >= 4 is 10.9 Å². The van der Waals surface area contributed by atoms with Gasteiger partial charge in [-0.15, -0.1) is 0 Å². The van der Waals surface area contributed by atoms with Crippen LogP contribution in [0.1, 0.15) is 25.3 Å². The minimum absolute atomic E-state index is 0.966. The van der Waals surface area contributed by atoms with Crippen LogP contribution in [0.15, 0.2) is 30.5 Å². The van der Waals surface area contributed by atoms with Crippen molar-refractivity contribution in [2.24, 2.45) is 0 Å². The molecule has 1 fully saturated rings. The van der Waals surface area contributed by atoms with Crippen molar-refractivity contribution in [3.63, 3.8) is 0 Å². The van der Waals surface area contributed by atoms with Gasteiger partial charge in [0, 0.05) is 36.7 Å². The largest absolute Gasteiger partial charge is 0.346 e. The summed E-state index contributed by atoms with van der Waals surface area (Å²) < 4.78 is 2.43. The Kier molecular flexibility index (Phi) is 4.38. The average Bonchev–Trinajstić information content (AvgIpc) is 3.11. The van der Waals surface area contributed by atoms with Crippen LogP contribution in [-0.4, -0.2) is 35.6 Å². The van der Waals surface area contributed by atoms with E-state index in [0.29, 0.717) is 0 Å². The van der Waals surface area contributed by atoms with E-state index >= 15 is 0 Å². The summed E-state index contributed by atoms with van der Waals surface area (Å²) >= 11 is 0. The van der Waals surface area contributed by atoms with Crippen LogP contribution in [0.2, 0.25) is 0 Å². The van der Waals surface area contributed by atoms with Crippen molar-refractivity contribution < 1.29 is 0 Å². The normalized spacial score (nSPS) is 16.2. The highest BCUT2D eigenvalue weighted by Crippen LogP contribution is 2.21. The van der Waals surface area contributed by atoms with E-state index in [-0.39, 0.29) is 0 Å². The maximum Gasteiger partial charge on any atom is 0.0484 e. The van der Waals surface area contributed by atoms with Gasteiger partial charge in [0.1, 0.15) is 0 Å². The number of nitrogens with one attached hydrogen (secondary N) is 1. The second kappa shape index (κ2) is 6.42. The number of rotatable bonds is 6. The molecular weight excluding hydrogens is 246 g/mol. The molecule has 3 heteroatoms. The Morgan fingerprint density at radius 1 is 1.10 bits per heavy atom. The molecule has 0 saturated carbocycles. The molecule has 2 aromatic rings. The summed E-state index contributed by atoms with van der Waals surface area (Å²) in [5.74, 6) is 0. The van der Waals surface area contributed by atoms with Gasteiger partial charge in [0.25, 0.3) is 0 Å². The summed E-state index contributed by atoms with van der Waals surface area (Å²) in [6, 6.07) is 8.78. The summed E-state index contributed by atoms with van der Waals surface area (Å²) in [6.07, 6.45) is 5.08. The molecule has 0 bridgehead atoms. The van der Waals surface area contributed by atoms with E-state index in [9.17, 15) is 0 Å². The van der Waals surface area contributed by atoms with Gasteiger partial charge in [0.2, 0.25) is 0 Å². The van der Waals surface area contributed by atoms with Crippen molar-refractivity contribution in [1.29, 1.82) is 0 Å². The van der Waals surface area contributed by atoms with E-state index in [2.05, 4.69) is 52.2 Å². The lowest BCUT2D eigenvalue weighted by atomic mass is 10.2. The fraction of sp³-hybridized carbons (Fsp3) is 0.529. The Morgan fingerprint density at radius 3 is 2.70 bits per heavy atom. The van der Waals surface area contributed by atoms with E-state index < -0.39 is 0 Å². The summed E-state index contributed by atoms with van der Waals surface area (Å²) in [5, 5.41) is 4.84. The molecule has 1 saturated heterocycles. The van der Waals surface area contributed by atoms with Crippen LogP contribution in [0.3, 0.4) is 0 Å². The van der Waals surface area contributed by atoms with Gasteiger partial charge in [-0.1, -0.05) is 25.1 Å². The third-order valence-electron chi connectivity index (χ3n) is 4.29. The molecule has 1 N–H and O–H groups in total. The van der Waals surface area contributed by atoms with E-state index in [0.717, 1.165) is 19.6 Å². The molecule has 2 heterocycles. The molecule has 3 nitrogen and oxygen atoms in total. The van der Waals surface area contributed by atoms with Gasteiger partial charge in [0.05, 0.1) is 0 Å². The summed E-state index contributed by atoms with van der Waals surface area (Å²) in [4.78, 5) is 2.58. The number of benzene rings is 1. The standard InChI is InChI=1S/C17H25N3/c1-2-18-13-15-14-20(12-11-19-9-5-6-10-19)17-8-4-3-7-16(15)17/h3-4,7-8,14,18H,2,5-6,9-13H2,1H3. The van der Waals surface area contributed by atoms with Crippen LogP contribution >= 0.6 is 0 Å². The molecule has 1 aliphatic heterocycles. The Balaban J connectivity index is 1.78. The Hall–Kier alpha value is -1.32.